The number of nitrogen functional groups attached to an aromatic ring is 1. The van der Waals surface area contributed by atoms with Crippen LogP contribution >= 0.6 is 0 Å². The van der Waals surface area contributed by atoms with Crippen molar-refractivity contribution in [3.05, 3.63) is 43.0 Å². The van der Waals surface area contributed by atoms with E-state index in [1.165, 1.54) is 0 Å². The summed E-state index contributed by atoms with van der Waals surface area (Å²) in [5.74, 6) is 4.39. The zero-order chi connectivity index (χ0) is 12.9. The van der Waals surface area contributed by atoms with Crippen LogP contribution in [0.25, 0.3) is 0 Å². The minimum atomic E-state index is -0.709. The van der Waals surface area contributed by atoms with Gasteiger partial charge in [0.2, 0.25) is 0 Å². The highest BCUT2D eigenvalue weighted by Gasteiger charge is 1.93. The van der Waals surface area contributed by atoms with Crippen molar-refractivity contribution in [2.24, 2.45) is 5.84 Å². The van der Waals surface area contributed by atoms with Crippen LogP contribution in [0.4, 0.5) is 5.69 Å². The van der Waals surface area contributed by atoms with Gasteiger partial charge in [-0.05, 0) is 31.4 Å². The third-order valence-corrected chi connectivity index (χ3v) is 1.99. The van der Waals surface area contributed by atoms with Crippen molar-refractivity contribution in [2.75, 3.05) is 5.43 Å². The van der Waals surface area contributed by atoms with Crippen LogP contribution in [0.15, 0.2) is 43.0 Å². The smallest absolute Gasteiger partial charge is 0.303 e. The van der Waals surface area contributed by atoms with Crippen LogP contribution in [0.1, 0.15) is 25.7 Å². The van der Waals surface area contributed by atoms with Gasteiger partial charge in [0.15, 0.2) is 0 Å². The van der Waals surface area contributed by atoms with Gasteiger partial charge in [-0.2, -0.15) is 0 Å². The Bertz CT molecular complexity index is 312. The maximum Gasteiger partial charge on any atom is 0.303 e. The lowest BCUT2D eigenvalue weighted by atomic mass is 10.2. The normalized spacial score (nSPS) is 8.76. The van der Waals surface area contributed by atoms with E-state index in [1.54, 1.807) is 0 Å². The molecule has 0 saturated heterocycles. The molecule has 94 valence electrons. The van der Waals surface area contributed by atoms with Gasteiger partial charge in [0.25, 0.3) is 0 Å². The van der Waals surface area contributed by atoms with Gasteiger partial charge in [-0.1, -0.05) is 24.3 Å². The number of nitrogens with one attached hydrogen (secondary N) is 1. The summed E-state index contributed by atoms with van der Waals surface area (Å²) >= 11 is 0. The number of para-hydroxylation sites is 1. The molecule has 0 amide bonds. The summed E-state index contributed by atoms with van der Waals surface area (Å²) in [5, 5.41) is 8.19. The summed E-state index contributed by atoms with van der Waals surface area (Å²) in [5.41, 5.74) is 3.46. The Morgan fingerprint density at radius 3 is 2.41 bits per heavy atom. The monoisotopic (exact) mass is 236 g/mol. The lowest BCUT2D eigenvalue weighted by molar-refractivity contribution is -0.137. The van der Waals surface area contributed by atoms with Crippen molar-refractivity contribution in [1.82, 2.24) is 0 Å². The van der Waals surface area contributed by atoms with Gasteiger partial charge in [-0.3, -0.25) is 10.6 Å². The number of benzene rings is 1. The largest absolute Gasteiger partial charge is 0.481 e. The standard InChI is InChI=1S/C7H12O2.C6H8N2/c1-2-3-4-5-6-7(8)9;7-8-6-4-2-1-3-5-6/h2H,1,3-6H2,(H,8,9);1-5,8H,7H2. The predicted molar refractivity (Wildman–Crippen MR) is 70.6 cm³/mol. The fourth-order valence-corrected chi connectivity index (χ4v) is 1.10. The summed E-state index contributed by atoms with van der Waals surface area (Å²) in [6.45, 7) is 3.53. The number of hydrogen-bond acceptors (Lipinski definition) is 3. The number of anilines is 1. The lowest BCUT2D eigenvalue weighted by Gasteiger charge is -1.94. The molecule has 1 aromatic carbocycles. The predicted octanol–water partition coefficient (Wildman–Crippen LogP) is 2.79. The van der Waals surface area contributed by atoms with E-state index in [0.717, 1.165) is 24.9 Å². The molecular formula is C13H20N2O2. The highest BCUT2D eigenvalue weighted by molar-refractivity contribution is 5.66. The Labute approximate surface area is 102 Å². The second-order valence-electron chi connectivity index (χ2n) is 3.44. The average molecular weight is 236 g/mol. The van der Waals surface area contributed by atoms with Gasteiger partial charge in [0.1, 0.15) is 0 Å². The molecule has 1 aromatic rings. The zero-order valence-corrected chi connectivity index (χ0v) is 9.93. The molecule has 0 aliphatic heterocycles. The summed E-state index contributed by atoms with van der Waals surface area (Å²) in [4.78, 5) is 9.94. The highest BCUT2D eigenvalue weighted by Crippen LogP contribution is 2.00. The van der Waals surface area contributed by atoms with Crippen LogP contribution in [-0.2, 0) is 4.79 Å². The number of unbranched alkanes of at least 4 members (excludes halogenated alkanes) is 2. The van der Waals surface area contributed by atoms with E-state index in [2.05, 4.69) is 12.0 Å². The number of allylic oxidation sites excluding steroid dienone is 1. The molecule has 0 aliphatic rings. The maximum absolute atomic E-state index is 9.94. The number of carboxylic acids is 1. The molecular weight excluding hydrogens is 216 g/mol. The molecule has 4 N–H and O–H groups in total. The minimum absolute atomic E-state index is 0.286. The first kappa shape index (κ1) is 15.2. The molecule has 0 heterocycles. The molecule has 0 spiro atoms. The molecule has 4 heteroatoms. The fraction of sp³-hybridized carbons (Fsp3) is 0.308. The first-order valence-electron chi connectivity index (χ1n) is 5.55. The average Bonchev–Trinajstić information content (AvgIpc) is 2.36. The number of carboxylic acid groups (broad SMARTS) is 1. The summed E-state index contributed by atoms with van der Waals surface area (Å²) < 4.78 is 0. The van der Waals surface area contributed by atoms with Crippen molar-refractivity contribution in [3.8, 4) is 0 Å². The second kappa shape index (κ2) is 10.7. The van der Waals surface area contributed by atoms with Crippen LogP contribution in [0.5, 0.6) is 0 Å². The third-order valence-electron chi connectivity index (χ3n) is 1.99. The summed E-state index contributed by atoms with van der Waals surface area (Å²) in [6, 6.07) is 9.60. The van der Waals surface area contributed by atoms with Crippen LogP contribution in [-0.4, -0.2) is 11.1 Å². The Hall–Kier alpha value is -1.81. The number of carbonyl (C=O) groups is 1. The van der Waals surface area contributed by atoms with Gasteiger partial charge in [0, 0.05) is 12.1 Å². The number of hydrazine groups is 1. The SMILES string of the molecule is C=CCCCCC(=O)O.NNc1ccccc1. The van der Waals surface area contributed by atoms with Crippen molar-refractivity contribution in [3.63, 3.8) is 0 Å². The Morgan fingerprint density at radius 2 is 2.00 bits per heavy atom. The summed E-state index contributed by atoms with van der Waals surface area (Å²) in [6.07, 6.45) is 4.72. The first-order chi connectivity index (χ1) is 8.20. The molecule has 1 rings (SSSR count). The van der Waals surface area contributed by atoms with Crippen molar-refractivity contribution >= 4 is 11.7 Å². The van der Waals surface area contributed by atoms with E-state index in [4.69, 9.17) is 10.9 Å². The Balaban J connectivity index is 0.000000302. The minimum Gasteiger partial charge on any atom is -0.481 e. The molecule has 0 unspecified atom stereocenters. The van der Waals surface area contributed by atoms with E-state index in [1.807, 2.05) is 36.4 Å². The topological polar surface area (TPSA) is 75.3 Å². The van der Waals surface area contributed by atoms with Crippen molar-refractivity contribution < 1.29 is 9.90 Å². The highest BCUT2D eigenvalue weighted by atomic mass is 16.4. The summed E-state index contributed by atoms with van der Waals surface area (Å²) in [7, 11) is 0. The molecule has 0 aliphatic carbocycles. The lowest BCUT2D eigenvalue weighted by Crippen LogP contribution is -2.05. The zero-order valence-electron chi connectivity index (χ0n) is 9.93. The fourth-order valence-electron chi connectivity index (χ4n) is 1.10. The van der Waals surface area contributed by atoms with Crippen LogP contribution in [0, 0.1) is 0 Å². The van der Waals surface area contributed by atoms with E-state index in [9.17, 15) is 4.79 Å². The van der Waals surface area contributed by atoms with Crippen LogP contribution in [0.2, 0.25) is 0 Å². The number of aliphatic carboxylic acids is 1. The van der Waals surface area contributed by atoms with E-state index in [0.29, 0.717) is 0 Å². The third kappa shape index (κ3) is 10.5. The molecule has 0 atom stereocenters. The Kier molecular flexibility index (Phi) is 9.56. The molecule has 0 saturated carbocycles. The van der Waals surface area contributed by atoms with Crippen molar-refractivity contribution in [2.45, 2.75) is 25.7 Å². The molecule has 0 radical (unpaired) electrons. The first-order valence-corrected chi connectivity index (χ1v) is 5.55. The van der Waals surface area contributed by atoms with Gasteiger partial charge >= 0.3 is 5.97 Å². The van der Waals surface area contributed by atoms with Gasteiger partial charge in [-0.15, -0.1) is 6.58 Å². The van der Waals surface area contributed by atoms with Crippen molar-refractivity contribution in [1.29, 1.82) is 0 Å². The number of hydrogen-bond donors (Lipinski definition) is 3. The molecule has 4 nitrogen and oxygen atoms in total. The van der Waals surface area contributed by atoms with Gasteiger partial charge in [0.05, 0.1) is 0 Å². The van der Waals surface area contributed by atoms with E-state index < -0.39 is 5.97 Å². The van der Waals surface area contributed by atoms with E-state index in [-0.39, 0.29) is 6.42 Å². The van der Waals surface area contributed by atoms with Crippen LogP contribution in [0.3, 0.4) is 0 Å². The van der Waals surface area contributed by atoms with Crippen LogP contribution < -0.4 is 11.3 Å². The van der Waals surface area contributed by atoms with Gasteiger partial charge in [-0.25, -0.2) is 0 Å². The molecule has 17 heavy (non-hydrogen) atoms. The number of nitrogens with two attached hydrogens (primary N) is 1. The molecule has 0 bridgehead atoms. The number of rotatable bonds is 6. The second-order valence-corrected chi connectivity index (χ2v) is 3.44. The van der Waals surface area contributed by atoms with Gasteiger partial charge < -0.3 is 10.5 Å². The quantitative estimate of drug-likeness (QED) is 0.307. The van der Waals surface area contributed by atoms with E-state index >= 15 is 0 Å². The molecule has 0 fully saturated rings. The molecule has 0 aromatic heterocycles. The maximum atomic E-state index is 9.94. The Morgan fingerprint density at radius 1 is 1.35 bits per heavy atom.